The fraction of sp³-hybridized carbons (Fsp3) is 0.423. The van der Waals surface area contributed by atoms with E-state index in [1.165, 1.54) is 10.8 Å². The Bertz CT molecular complexity index is 1280. The summed E-state index contributed by atoms with van der Waals surface area (Å²) in [6.07, 6.45) is -0.393. The second-order valence-electron chi connectivity index (χ2n) is 9.33. The normalized spacial score (nSPS) is 22.3. The van der Waals surface area contributed by atoms with Crippen molar-refractivity contribution in [1.29, 1.82) is 5.26 Å². The number of nitrogens with zero attached hydrogens (tertiary/aromatic N) is 4. The molecule has 2 N–H and O–H groups in total. The molecule has 4 atom stereocenters. The topological polar surface area (TPSA) is 139 Å². The van der Waals surface area contributed by atoms with Gasteiger partial charge in [0.1, 0.15) is 30.6 Å². The number of rotatable bonds is 8. The standard InChI is InChI=1S/C26H29N5O5/c1-16(2)17(3)25(34)30-24-20-9-10-21(31(20)29-15-28-24)26(14-27)22(32)12-19(36-26)13-35-23(33)11-18-7-5-4-6-8-18/h4-10,15-17,19,22,32H,11-13H2,1-3H3,(H,28,29,30,34)/t17-,19+,22+,26-/m0/s1. The first-order chi connectivity index (χ1) is 17.2. The fourth-order valence-electron chi connectivity index (χ4n) is 4.14. The van der Waals surface area contributed by atoms with Gasteiger partial charge in [-0.25, -0.2) is 9.50 Å². The minimum Gasteiger partial charge on any atom is -0.463 e. The Hall–Kier alpha value is -3.81. The van der Waals surface area contributed by atoms with E-state index in [-0.39, 0.29) is 37.2 Å². The van der Waals surface area contributed by atoms with Gasteiger partial charge in [-0.05, 0) is 23.6 Å². The van der Waals surface area contributed by atoms with E-state index in [1.807, 2.05) is 51.1 Å². The summed E-state index contributed by atoms with van der Waals surface area (Å²) in [4.78, 5) is 29.0. The molecule has 0 spiro atoms. The lowest BCUT2D eigenvalue weighted by Gasteiger charge is -2.24. The molecule has 1 aliphatic heterocycles. The number of esters is 1. The number of anilines is 1. The third-order valence-corrected chi connectivity index (χ3v) is 6.58. The molecule has 1 fully saturated rings. The van der Waals surface area contributed by atoms with Crippen LogP contribution in [0, 0.1) is 23.2 Å². The van der Waals surface area contributed by atoms with Crippen LogP contribution in [0.25, 0.3) is 5.52 Å². The van der Waals surface area contributed by atoms with Crippen LogP contribution >= 0.6 is 0 Å². The SMILES string of the molecule is CC(C)[C@H](C)C(=O)Nc1ncnn2c([C@]3(C#N)O[C@@H](COC(=O)Cc4ccccc4)C[C@H]3O)ccc12. The molecule has 3 aromatic rings. The van der Waals surface area contributed by atoms with Crippen molar-refractivity contribution < 1.29 is 24.2 Å². The Morgan fingerprint density at radius 3 is 2.72 bits per heavy atom. The van der Waals surface area contributed by atoms with E-state index in [1.54, 1.807) is 12.1 Å². The number of hydrogen-bond acceptors (Lipinski definition) is 8. The molecule has 10 nitrogen and oxygen atoms in total. The third-order valence-electron chi connectivity index (χ3n) is 6.58. The molecule has 10 heteroatoms. The molecule has 4 rings (SSSR count). The molecule has 1 aromatic carbocycles. The number of benzene rings is 1. The summed E-state index contributed by atoms with van der Waals surface area (Å²) in [5, 5.41) is 28.0. The van der Waals surface area contributed by atoms with E-state index in [0.29, 0.717) is 17.0 Å². The molecule has 1 saturated heterocycles. The number of aromatic nitrogens is 3. The molecule has 0 saturated carbocycles. The molecule has 0 unspecified atom stereocenters. The third kappa shape index (κ3) is 4.94. The van der Waals surface area contributed by atoms with Crippen LogP contribution in [0.1, 0.15) is 38.4 Å². The molecule has 0 bridgehead atoms. The van der Waals surface area contributed by atoms with Crippen LogP contribution in [0.5, 0.6) is 0 Å². The maximum absolute atomic E-state index is 12.6. The van der Waals surface area contributed by atoms with E-state index >= 15 is 0 Å². The zero-order valence-corrected chi connectivity index (χ0v) is 20.4. The highest BCUT2D eigenvalue weighted by molar-refractivity contribution is 5.95. The van der Waals surface area contributed by atoms with Gasteiger partial charge in [0, 0.05) is 12.3 Å². The monoisotopic (exact) mass is 491 g/mol. The summed E-state index contributed by atoms with van der Waals surface area (Å²) in [6, 6.07) is 14.6. The summed E-state index contributed by atoms with van der Waals surface area (Å²) in [5.41, 5.74) is -0.157. The van der Waals surface area contributed by atoms with E-state index in [9.17, 15) is 20.0 Å². The number of aliphatic hydroxyl groups excluding tert-OH is 1. The van der Waals surface area contributed by atoms with Crippen LogP contribution in [0.15, 0.2) is 48.8 Å². The predicted molar refractivity (Wildman–Crippen MR) is 130 cm³/mol. The van der Waals surface area contributed by atoms with Crippen molar-refractivity contribution in [3.8, 4) is 6.07 Å². The van der Waals surface area contributed by atoms with E-state index in [2.05, 4.69) is 21.5 Å². The number of ether oxygens (including phenoxy) is 2. The van der Waals surface area contributed by atoms with Gasteiger partial charge in [0.15, 0.2) is 5.82 Å². The van der Waals surface area contributed by atoms with Crippen LogP contribution in [-0.2, 0) is 31.1 Å². The van der Waals surface area contributed by atoms with Gasteiger partial charge in [0.2, 0.25) is 11.5 Å². The van der Waals surface area contributed by atoms with Crippen molar-refractivity contribution in [2.75, 3.05) is 11.9 Å². The van der Waals surface area contributed by atoms with Crippen molar-refractivity contribution in [3.63, 3.8) is 0 Å². The van der Waals surface area contributed by atoms with Gasteiger partial charge in [0.25, 0.3) is 0 Å². The number of aliphatic hydroxyl groups is 1. The molecule has 1 aliphatic rings. The van der Waals surface area contributed by atoms with E-state index in [0.717, 1.165) is 5.56 Å². The zero-order chi connectivity index (χ0) is 25.9. The summed E-state index contributed by atoms with van der Waals surface area (Å²) in [7, 11) is 0. The summed E-state index contributed by atoms with van der Waals surface area (Å²) < 4.78 is 12.8. The Labute approximate surface area is 208 Å². The summed E-state index contributed by atoms with van der Waals surface area (Å²) in [5.74, 6) is -0.401. The number of amides is 1. The van der Waals surface area contributed by atoms with Gasteiger partial charge in [-0.2, -0.15) is 10.4 Å². The average Bonchev–Trinajstić information content (AvgIpc) is 3.44. The minimum atomic E-state index is -1.73. The number of nitriles is 1. The zero-order valence-electron chi connectivity index (χ0n) is 20.4. The highest BCUT2D eigenvalue weighted by Gasteiger charge is 2.52. The number of carbonyl (C=O) groups excluding carboxylic acids is 2. The predicted octanol–water partition coefficient (Wildman–Crippen LogP) is 2.61. The molecule has 36 heavy (non-hydrogen) atoms. The van der Waals surface area contributed by atoms with E-state index < -0.39 is 23.8 Å². The van der Waals surface area contributed by atoms with Crippen molar-refractivity contribution in [3.05, 3.63) is 60.0 Å². The van der Waals surface area contributed by atoms with Gasteiger partial charge >= 0.3 is 5.97 Å². The van der Waals surface area contributed by atoms with Crippen molar-refractivity contribution >= 4 is 23.2 Å². The van der Waals surface area contributed by atoms with Crippen molar-refractivity contribution in [2.24, 2.45) is 11.8 Å². The van der Waals surface area contributed by atoms with Crippen molar-refractivity contribution in [2.45, 2.75) is 51.4 Å². The van der Waals surface area contributed by atoms with Crippen LogP contribution in [0.3, 0.4) is 0 Å². The first-order valence-electron chi connectivity index (χ1n) is 11.9. The van der Waals surface area contributed by atoms with Gasteiger partial charge in [0.05, 0.1) is 18.2 Å². The van der Waals surface area contributed by atoms with E-state index in [4.69, 9.17) is 9.47 Å². The number of carbonyl (C=O) groups is 2. The Morgan fingerprint density at radius 1 is 1.28 bits per heavy atom. The first-order valence-corrected chi connectivity index (χ1v) is 11.9. The largest absolute Gasteiger partial charge is 0.463 e. The molecular formula is C26H29N5O5. The average molecular weight is 492 g/mol. The molecular weight excluding hydrogens is 462 g/mol. The second-order valence-corrected chi connectivity index (χ2v) is 9.33. The molecule has 0 radical (unpaired) electrons. The van der Waals surface area contributed by atoms with Crippen LogP contribution < -0.4 is 5.32 Å². The number of hydrogen-bond donors (Lipinski definition) is 2. The minimum absolute atomic E-state index is 0.0972. The Balaban J connectivity index is 1.51. The van der Waals surface area contributed by atoms with Gasteiger partial charge in [-0.15, -0.1) is 0 Å². The highest BCUT2D eigenvalue weighted by Crippen LogP contribution is 2.40. The van der Waals surface area contributed by atoms with Crippen molar-refractivity contribution in [1.82, 2.24) is 14.6 Å². The lowest BCUT2D eigenvalue weighted by molar-refractivity contribution is -0.148. The second kappa shape index (κ2) is 10.4. The van der Waals surface area contributed by atoms with Gasteiger partial charge in [-0.3, -0.25) is 9.59 Å². The molecule has 2 aromatic heterocycles. The van der Waals surface area contributed by atoms with Gasteiger partial charge < -0.3 is 19.9 Å². The van der Waals surface area contributed by atoms with Gasteiger partial charge in [-0.1, -0.05) is 51.1 Å². The number of fused-ring (bicyclic) bond motifs is 1. The molecule has 188 valence electrons. The Morgan fingerprint density at radius 2 is 2.03 bits per heavy atom. The summed E-state index contributed by atoms with van der Waals surface area (Å²) in [6.45, 7) is 5.65. The molecule has 0 aliphatic carbocycles. The quantitative estimate of drug-likeness (QED) is 0.459. The first kappa shape index (κ1) is 25.3. The summed E-state index contributed by atoms with van der Waals surface area (Å²) >= 11 is 0. The smallest absolute Gasteiger partial charge is 0.310 e. The number of nitrogens with one attached hydrogen (secondary N) is 1. The molecule has 1 amide bonds. The highest BCUT2D eigenvalue weighted by atomic mass is 16.6. The maximum Gasteiger partial charge on any atom is 0.310 e. The van der Waals surface area contributed by atoms with Crippen LogP contribution in [0.4, 0.5) is 5.82 Å². The molecule has 3 heterocycles. The lowest BCUT2D eigenvalue weighted by atomic mass is 9.94. The Kier molecular flexibility index (Phi) is 7.33. The lowest BCUT2D eigenvalue weighted by Crippen LogP contribution is -2.37. The maximum atomic E-state index is 12.6. The van der Waals surface area contributed by atoms with Crippen LogP contribution in [-0.4, -0.2) is 50.4 Å². The van der Waals surface area contributed by atoms with Crippen LogP contribution in [0.2, 0.25) is 0 Å². The fourth-order valence-corrected chi connectivity index (χ4v) is 4.14.